The summed E-state index contributed by atoms with van der Waals surface area (Å²) in [5, 5.41) is 14.6. The topological polar surface area (TPSA) is 105 Å². The molecule has 0 heterocycles. The van der Waals surface area contributed by atoms with Gasteiger partial charge in [-0.05, 0) is 31.7 Å². The molecule has 0 bridgehead atoms. The van der Waals surface area contributed by atoms with Crippen molar-refractivity contribution >= 4 is 17.8 Å². The highest BCUT2D eigenvalue weighted by Crippen LogP contribution is 2.17. The molecule has 0 aliphatic rings. The van der Waals surface area contributed by atoms with Crippen LogP contribution in [0.1, 0.15) is 50.6 Å². The van der Waals surface area contributed by atoms with E-state index >= 15 is 0 Å². The minimum atomic E-state index is -0.627. The summed E-state index contributed by atoms with van der Waals surface area (Å²) in [7, 11) is 0. The summed E-state index contributed by atoms with van der Waals surface area (Å²) in [6.45, 7) is 8.79. The van der Waals surface area contributed by atoms with Gasteiger partial charge in [-0.3, -0.25) is 14.4 Å². The quantitative estimate of drug-likeness (QED) is 0.225. The zero-order chi connectivity index (χ0) is 23.1. The van der Waals surface area contributed by atoms with E-state index in [-0.39, 0.29) is 43.8 Å². The van der Waals surface area contributed by atoms with E-state index in [1.807, 2.05) is 30.3 Å². The van der Waals surface area contributed by atoms with Gasteiger partial charge in [-0.25, -0.2) is 0 Å². The summed E-state index contributed by atoms with van der Waals surface area (Å²) in [5.74, 6) is -1.62. The van der Waals surface area contributed by atoms with Crippen LogP contribution < -0.4 is 10.6 Å². The van der Waals surface area contributed by atoms with E-state index in [1.54, 1.807) is 19.1 Å². The first-order chi connectivity index (χ1) is 14.9. The van der Waals surface area contributed by atoms with Gasteiger partial charge in [-0.1, -0.05) is 42.5 Å². The van der Waals surface area contributed by atoms with Crippen LogP contribution in [0.3, 0.4) is 0 Å². The Kier molecular flexibility index (Phi) is 12.6. The lowest BCUT2D eigenvalue weighted by Gasteiger charge is -2.23. The molecule has 0 saturated carbocycles. The van der Waals surface area contributed by atoms with E-state index in [0.717, 1.165) is 12.0 Å². The number of nitrogens with one attached hydrogen (secondary N) is 2. The van der Waals surface area contributed by atoms with Crippen LogP contribution >= 0.6 is 0 Å². The maximum atomic E-state index is 12.9. The summed E-state index contributed by atoms with van der Waals surface area (Å²) < 4.78 is 5.38. The Balaban J connectivity index is 2.81. The predicted molar refractivity (Wildman–Crippen MR) is 120 cm³/mol. The number of benzene rings is 1. The SMILES string of the molecule is C=CCCCC(=O)OCC(NC(=O)C(CC=C)CC(=O)NC(C)CO)c1ccccc1. The second kappa shape index (κ2) is 15.0. The van der Waals surface area contributed by atoms with Crippen LogP contribution in [-0.2, 0) is 19.1 Å². The van der Waals surface area contributed by atoms with Crippen LogP contribution in [0.2, 0.25) is 0 Å². The fourth-order valence-electron chi connectivity index (χ4n) is 2.92. The second-order valence-electron chi connectivity index (χ2n) is 7.41. The standard InChI is InChI=1S/C24H34N2O5/c1-4-6-8-14-23(29)31-17-21(19-12-9-7-10-13-19)26-24(30)20(11-5-2)15-22(28)25-18(3)16-27/h4-5,7,9-10,12-13,18,20-21,27H,1-2,6,8,11,14-17H2,3H3,(H,25,28)(H,26,30). The van der Waals surface area contributed by atoms with Gasteiger partial charge in [0.25, 0.3) is 0 Å². The van der Waals surface area contributed by atoms with Crippen molar-refractivity contribution in [2.24, 2.45) is 5.92 Å². The maximum Gasteiger partial charge on any atom is 0.305 e. The van der Waals surface area contributed by atoms with E-state index in [4.69, 9.17) is 9.84 Å². The van der Waals surface area contributed by atoms with Crippen molar-refractivity contribution in [3.8, 4) is 0 Å². The number of allylic oxidation sites excluding steroid dienone is 2. The Hall–Kier alpha value is -2.93. The number of hydrogen-bond acceptors (Lipinski definition) is 5. The smallest absolute Gasteiger partial charge is 0.305 e. The summed E-state index contributed by atoms with van der Waals surface area (Å²) in [6, 6.07) is 8.29. The maximum absolute atomic E-state index is 12.9. The van der Waals surface area contributed by atoms with E-state index in [9.17, 15) is 14.4 Å². The molecule has 0 saturated heterocycles. The number of hydrogen-bond donors (Lipinski definition) is 3. The number of amides is 2. The molecule has 3 atom stereocenters. The van der Waals surface area contributed by atoms with Gasteiger partial charge in [0.15, 0.2) is 0 Å². The van der Waals surface area contributed by atoms with Crippen molar-refractivity contribution in [1.29, 1.82) is 0 Å². The van der Waals surface area contributed by atoms with E-state index in [1.165, 1.54) is 0 Å². The van der Waals surface area contributed by atoms with Crippen molar-refractivity contribution in [3.05, 3.63) is 61.2 Å². The lowest BCUT2D eigenvalue weighted by Crippen LogP contribution is -2.40. The third-order valence-corrected chi connectivity index (χ3v) is 4.65. The zero-order valence-electron chi connectivity index (χ0n) is 18.2. The molecule has 0 fully saturated rings. The summed E-state index contributed by atoms with van der Waals surface area (Å²) in [5.41, 5.74) is 0.797. The van der Waals surface area contributed by atoms with Crippen molar-refractivity contribution in [2.75, 3.05) is 13.2 Å². The largest absolute Gasteiger partial charge is 0.463 e. The summed E-state index contributed by atoms with van der Waals surface area (Å²) in [4.78, 5) is 37.1. The minimum Gasteiger partial charge on any atom is -0.463 e. The summed E-state index contributed by atoms with van der Waals surface area (Å²) >= 11 is 0. The molecule has 3 unspecified atom stereocenters. The molecule has 0 aromatic heterocycles. The molecule has 3 N–H and O–H groups in total. The number of ether oxygens (including phenoxy) is 1. The molecule has 1 aromatic rings. The van der Waals surface area contributed by atoms with Gasteiger partial charge < -0.3 is 20.5 Å². The first-order valence-corrected chi connectivity index (χ1v) is 10.5. The molecule has 1 rings (SSSR count). The lowest BCUT2D eigenvalue weighted by atomic mass is 9.98. The van der Waals surface area contributed by atoms with Crippen molar-refractivity contribution in [2.45, 2.75) is 51.1 Å². The predicted octanol–water partition coefficient (Wildman–Crippen LogP) is 2.82. The second-order valence-corrected chi connectivity index (χ2v) is 7.41. The molecule has 7 heteroatoms. The highest BCUT2D eigenvalue weighted by molar-refractivity contribution is 5.86. The number of rotatable bonds is 15. The van der Waals surface area contributed by atoms with Gasteiger partial charge in [-0.2, -0.15) is 0 Å². The van der Waals surface area contributed by atoms with E-state index in [2.05, 4.69) is 23.8 Å². The van der Waals surface area contributed by atoms with E-state index in [0.29, 0.717) is 12.8 Å². The number of aliphatic hydroxyl groups excluding tert-OH is 1. The number of esters is 1. The Morgan fingerprint density at radius 2 is 1.84 bits per heavy atom. The average molecular weight is 431 g/mol. The Labute approximate surface area is 184 Å². The Morgan fingerprint density at radius 1 is 1.13 bits per heavy atom. The molecule has 7 nitrogen and oxygen atoms in total. The van der Waals surface area contributed by atoms with Crippen molar-refractivity contribution in [1.82, 2.24) is 10.6 Å². The first-order valence-electron chi connectivity index (χ1n) is 10.5. The number of carbonyl (C=O) groups is 3. The van der Waals surface area contributed by atoms with Gasteiger partial charge in [-0.15, -0.1) is 13.2 Å². The lowest BCUT2D eigenvalue weighted by molar-refractivity contribution is -0.145. The van der Waals surface area contributed by atoms with Crippen molar-refractivity contribution in [3.63, 3.8) is 0 Å². The first kappa shape index (κ1) is 26.1. The van der Waals surface area contributed by atoms with Gasteiger partial charge in [0.05, 0.1) is 18.6 Å². The normalized spacial score (nSPS) is 13.4. The molecule has 0 spiro atoms. The van der Waals surface area contributed by atoms with Crippen LogP contribution in [-0.4, -0.2) is 42.1 Å². The fraction of sp³-hybridized carbons (Fsp3) is 0.458. The van der Waals surface area contributed by atoms with Crippen LogP contribution in [0.25, 0.3) is 0 Å². The highest BCUT2D eigenvalue weighted by atomic mass is 16.5. The third kappa shape index (κ3) is 10.6. The van der Waals surface area contributed by atoms with Gasteiger partial charge in [0.1, 0.15) is 6.61 Å². The molecule has 0 aliphatic heterocycles. The molecule has 0 radical (unpaired) electrons. The molecular formula is C24H34N2O5. The van der Waals surface area contributed by atoms with Crippen LogP contribution in [0.4, 0.5) is 0 Å². The van der Waals surface area contributed by atoms with Gasteiger partial charge in [0, 0.05) is 18.9 Å². The van der Waals surface area contributed by atoms with Gasteiger partial charge >= 0.3 is 5.97 Å². The molecule has 170 valence electrons. The summed E-state index contributed by atoms with van der Waals surface area (Å²) in [6.07, 6.45) is 5.29. The third-order valence-electron chi connectivity index (χ3n) is 4.65. The molecule has 1 aromatic carbocycles. The van der Waals surface area contributed by atoms with Crippen LogP contribution in [0.5, 0.6) is 0 Å². The zero-order valence-corrected chi connectivity index (χ0v) is 18.2. The number of carbonyl (C=O) groups excluding carboxylic acids is 3. The fourth-order valence-corrected chi connectivity index (χ4v) is 2.92. The highest BCUT2D eigenvalue weighted by Gasteiger charge is 2.25. The van der Waals surface area contributed by atoms with Crippen LogP contribution in [0.15, 0.2) is 55.6 Å². The van der Waals surface area contributed by atoms with Crippen LogP contribution in [0, 0.1) is 5.92 Å². The monoisotopic (exact) mass is 430 g/mol. The molecule has 2 amide bonds. The Morgan fingerprint density at radius 3 is 2.45 bits per heavy atom. The molecule has 0 aliphatic carbocycles. The van der Waals surface area contributed by atoms with Gasteiger partial charge in [0.2, 0.25) is 11.8 Å². The molecular weight excluding hydrogens is 396 g/mol. The number of aliphatic hydroxyl groups is 1. The number of unbranched alkanes of at least 4 members (excludes halogenated alkanes) is 1. The van der Waals surface area contributed by atoms with E-state index < -0.39 is 18.0 Å². The Bertz CT molecular complexity index is 720. The molecule has 31 heavy (non-hydrogen) atoms. The minimum absolute atomic E-state index is 0.00275. The van der Waals surface area contributed by atoms with Crippen molar-refractivity contribution < 1.29 is 24.2 Å². The average Bonchev–Trinajstić information content (AvgIpc) is 2.76.